The van der Waals surface area contributed by atoms with Gasteiger partial charge in [0.25, 0.3) is 0 Å². The van der Waals surface area contributed by atoms with E-state index in [1.54, 1.807) is 4.90 Å². The van der Waals surface area contributed by atoms with Crippen LogP contribution in [0.3, 0.4) is 0 Å². The summed E-state index contributed by atoms with van der Waals surface area (Å²) >= 11 is 0. The fourth-order valence-electron chi connectivity index (χ4n) is 3.79. The molecule has 3 heterocycles. The largest absolute Gasteiger partial charge is 0.481 e. The lowest BCUT2D eigenvalue weighted by atomic mass is 9.97. The van der Waals surface area contributed by atoms with Crippen LogP contribution in [-0.4, -0.2) is 64.0 Å². The third kappa shape index (κ3) is 4.05. The number of anilines is 1. The molecule has 3 rings (SSSR count). The molecule has 2 saturated heterocycles. The zero-order valence-corrected chi connectivity index (χ0v) is 14.9. The van der Waals surface area contributed by atoms with Crippen LogP contribution < -0.4 is 10.2 Å². The zero-order chi connectivity index (χ0) is 18.0. The minimum absolute atomic E-state index is 0.0723. The second kappa shape index (κ2) is 7.33. The lowest BCUT2D eigenvalue weighted by molar-refractivity contribution is -0.143. The van der Waals surface area contributed by atoms with Gasteiger partial charge in [-0.05, 0) is 32.6 Å². The molecular formula is C17H27N5O3. The van der Waals surface area contributed by atoms with Gasteiger partial charge in [0, 0.05) is 45.3 Å². The van der Waals surface area contributed by atoms with Gasteiger partial charge < -0.3 is 20.2 Å². The SMILES string of the molecule is Cc1cc(N2CCCC(NC(=O)N3CCC(C(=O)O)CC3)C2)n(C)n1. The number of hydrogen-bond donors (Lipinski definition) is 2. The van der Waals surface area contributed by atoms with Crippen molar-refractivity contribution in [2.45, 2.75) is 38.6 Å². The first-order valence-electron chi connectivity index (χ1n) is 8.98. The first kappa shape index (κ1) is 17.6. The van der Waals surface area contributed by atoms with Gasteiger partial charge in [0.05, 0.1) is 11.6 Å². The molecule has 8 nitrogen and oxygen atoms in total. The summed E-state index contributed by atoms with van der Waals surface area (Å²) in [6, 6.07) is 2.10. The molecule has 0 aromatic carbocycles. The summed E-state index contributed by atoms with van der Waals surface area (Å²) in [5.74, 6) is 0.00970. The monoisotopic (exact) mass is 349 g/mol. The van der Waals surface area contributed by atoms with Gasteiger partial charge in [-0.3, -0.25) is 9.48 Å². The van der Waals surface area contributed by atoms with E-state index in [0.29, 0.717) is 25.9 Å². The number of carbonyl (C=O) groups excluding carboxylic acids is 1. The van der Waals surface area contributed by atoms with Crippen LogP contribution in [0.4, 0.5) is 10.6 Å². The van der Waals surface area contributed by atoms with Gasteiger partial charge in [-0.25, -0.2) is 4.79 Å². The first-order valence-corrected chi connectivity index (χ1v) is 8.98. The number of rotatable bonds is 3. The maximum Gasteiger partial charge on any atom is 0.317 e. The molecule has 1 atom stereocenters. The van der Waals surface area contributed by atoms with Crippen molar-refractivity contribution in [2.24, 2.45) is 13.0 Å². The molecule has 0 radical (unpaired) electrons. The highest BCUT2D eigenvalue weighted by Gasteiger charge is 2.29. The van der Waals surface area contributed by atoms with Crippen LogP contribution in [-0.2, 0) is 11.8 Å². The molecule has 1 unspecified atom stereocenters. The fraction of sp³-hybridized carbons (Fsp3) is 0.706. The molecule has 2 N–H and O–H groups in total. The van der Waals surface area contributed by atoms with Crippen molar-refractivity contribution in [3.8, 4) is 0 Å². The highest BCUT2D eigenvalue weighted by Crippen LogP contribution is 2.21. The Kier molecular flexibility index (Phi) is 5.15. The second-order valence-electron chi connectivity index (χ2n) is 7.10. The number of carboxylic acids is 1. The average Bonchev–Trinajstić information content (AvgIpc) is 2.93. The minimum Gasteiger partial charge on any atom is -0.481 e. The van der Waals surface area contributed by atoms with Crippen LogP contribution in [0.5, 0.6) is 0 Å². The predicted octanol–water partition coefficient (Wildman–Crippen LogP) is 1.20. The second-order valence-corrected chi connectivity index (χ2v) is 7.10. The summed E-state index contributed by atoms with van der Waals surface area (Å²) in [7, 11) is 1.94. The molecule has 1 aromatic rings. The van der Waals surface area contributed by atoms with Crippen molar-refractivity contribution in [3.63, 3.8) is 0 Å². The smallest absolute Gasteiger partial charge is 0.317 e. The number of amides is 2. The number of carbonyl (C=O) groups is 2. The zero-order valence-electron chi connectivity index (χ0n) is 14.9. The first-order chi connectivity index (χ1) is 11.9. The Morgan fingerprint density at radius 3 is 2.56 bits per heavy atom. The normalized spacial score (nSPS) is 22.1. The Balaban J connectivity index is 1.53. The van der Waals surface area contributed by atoms with Crippen LogP contribution >= 0.6 is 0 Å². The molecule has 2 fully saturated rings. The summed E-state index contributed by atoms with van der Waals surface area (Å²) < 4.78 is 1.89. The molecule has 25 heavy (non-hydrogen) atoms. The van der Waals surface area contributed by atoms with Crippen molar-refractivity contribution >= 4 is 17.8 Å². The number of nitrogens with one attached hydrogen (secondary N) is 1. The van der Waals surface area contributed by atoms with Gasteiger partial charge in [0.15, 0.2) is 0 Å². The van der Waals surface area contributed by atoms with Crippen LogP contribution in [0.15, 0.2) is 6.07 Å². The number of likely N-dealkylation sites (tertiary alicyclic amines) is 1. The van der Waals surface area contributed by atoms with E-state index in [4.69, 9.17) is 5.11 Å². The molecule has 2 aliphatic heterocycles. The standard InChI is InChI=1S/C17H27N5O3/c1-12-10-15(20(2)19-12)22-7-3-4-14(11-22)18-17(25)21-8-5-13(6-9-21)16(23)24/h10,13-14H,3-9,11H2,1-2H3,(H,18,25)(H,23,24). The quantitative estimate of drug-likeness (QED) is 0.856. The summed E-state index contributed by atoms with van der Waals surface area (Å²) in [6.07, 6.45) is 3.06. The summed E-state index contributed by atoms with van der Waals surface area (Å²) in [4.78, 5) is 27.5. The van der Waals surface area contributed by atoms with E-state index in [0.717, 1.165) is 37.4 Å². The van der Waals surface area contributed by atoms with Gasteiger partial charge in [-0.15, -0.1) is 0 Å². The lowest BCUT2D eigenvalue weighted by Gasteiger charge is -2.36. The highest BCUT2D eigenvalue weighted by atomic mass is 16.4. The maximum absolute atomic E-state index is 12.5. The molecule has 2 aliphatic rings. The van der Waals surface area contributed by atoms with E-state index in [1.165, 1.54) is 0 Å². The molecular weight excluding hydrogens is 322 g/mol. The molecule has 138 valence electrons. The van der Waals surface area contributed by atoms with E-state index in [2.05, 4.69) is 21.4 Å². The number of aryl methyl sites for hydroxylation is 2. The summed E-state index contributed by atoms with van der Waals surface area (Å²) in [6.45, 7) is 4.75. The number of carboxylic acid groups (broad SMARTS) is 1. The van der Waals surface area contributed by atoms with Crippen molar-refractivity contribution in [1.82, 2.24) is 20.0 Å². The number of hydrogen-bond acceptors (Lipinski definition) is 4. The Bertz CT molecular complexity index is 636. The van der Waals surface area contributed by atoms with E-state index < -0.39 is 5.97 Å². The topological polar surface area (TPSA) is 90.7 Å². The van der Waals surface area contributed by atoms with Crippen LogP contribution in [0.2, 0.25) is 0 Å². The van der Waals surface area contributed by atoms with Gasteiger partial charge >= 0.3 is 12.0 Å². The van der Waals surface area contributed by atoms with Gasteiger partial charge in [0.1, 0.15) is 5.82 Å². The minimum atomic E-state index is -0.755. The fourth-order valence-corrected chi connectivity index (χ4v) is 3.79. The number of urea groups is 1. The van der Waals surface area contributed by atoms with Gasteiger partial charge in [0.2, 0.25) is 0 Å². The van der Waals surface area contributed by atoms with Gasteiger partial charge in [-0.1, -0.05) is 0 Å². The Labute approximate surface area is 147 Å². The molecule has 0 aliphatic carbocycles. The van der Waals surface area contributed by atoms with Crippen molar-refractivity contribution in [1.29, 1.82) is 0 Å². The summed E-state index contributed by atoms with van der Waals surface area (Å²) in [5.41, 5.74) is 0.991. The number of piperidine rings is 2. The number of aliphatic carboxylic acids is 1. The van der Waals surface area contributed by atoms with Crippen molar-refractivity contribution in [3.05, 3.63) is 11.8 Å². The Hall–Kier alpha value is -2.25. The third-order valence-corrected chi connectivity index (χ3v) is 5.18. The Morgan fingerprint density at radius 1 is 1.24 bits per heavy atom. The highest BCUT2D eigenvalue weighted by molar-refractivity contribution is 5.75. The molecule has 8 heteroatoms. The van der Waals surface area contributed by atoms with Crippen LogP contribution in [0, 0.1) is 12.8 Å². The number of nitrogens with zero attached hydrogens (tertiary/aromatic N) is 4. The van der Waals surface area contributed by atoms with Crippen LogP contribution in [0.1, 0.15) is 31.4 Å². The van der Waals surface area contributed by atoms with E-state index in [1.807, 2.05) is 18.7 Å². The lowest BCUT2D eigenvalue weighted by Crippen LogP contribution is -2.53. The molecule has 2 amide bonds. The Morgan fingerprint density at radius 2 is 1.96 bits per heavy atom. The summed E-state index contributed by atoms with van der Waals surface area (Å²) in [5, 5.41) is 16.6. The van der Waals surface area contributed by atoms with Crippen molar-refractivity contribution < 1.29 is 14.7 Å². The molecule has 0 spiro atoms. The van der Waals surface area contributed by atoms with Gasteiger partial charge in [-0.2, -0.15) is 5.10 Å². The third-order valence-electron chi connectivity index (χ3n) is 5.18. The van der Waals surface area contributed by atoms with E-state index in [9.17, 15) is 9.59 Å². The molecule has 0 saturated carbocycles. The maximum atomic E-state index is 12.5. The van der Waals surface area contributed by atoms with Crippen LogP contribution in [0.25, 0.3) is 0 Å². The predicted molar refractivity (Wildman–Crippen MR) is 93.6 cm³/mol. The molecule has 1 aromatic heterocycles. The van der Waals surface area contributed by atoms with E-state index >= 15 is 0 Å². The number of aromatic nitrogens is 2. The molecule has 0 bridgehead atoms. The van der Waals surface area contributed by atoms with Crippen molar-refractivity contribution in [2.75, 3.05) is 31.1 Å². The average molecular weight is 349 g/mol. The van der Waals surface area contributed by atoms with E-state index in [-0.39, 0.29) is 18.0 Å².